The van der Waals surface area contributed by atoms with Crippen LogP contribution in [0.2, 0.25) is 0 Å². The van der Waals surface area contributed by atoms with Gasteiger partial charge in [0.15, 0.2) is 0 Å². The predicted molar refractivity (Wildman–Crippen MR) is 80.6 cm³/mol. The molecule has 1 heterocycles. The van der Waals surface area contributed by atoms with Crippen LogP contribution in [0.1, 0.15) is 22.6 Å². The average Bonchev–Trinajstić information content (AvgIpc) is 2.91. The molecule has 1 aliphatic heterocycles. The van der Waals surface area contributed by atoms with Gasteiger partial charge in [-0.1, -0.05) is 24.3 Å². The second kappa shape index (κ2) is 5.84. The summed E-state index contributed by atoms with van der Waals surface area (Å²) in [5.41, 5.74) is 6.13. The molecule has 0 aromatic heterocycles. The van der Waals surface area contributed by atoms with Gasteiger partial charge >= 0.3 is 0 Å². The lowest BCUT2D eigenvalue weighted by molar-refractivity contribution is 0.297. The third kappa shape index (κ3) is 2.77. The van der Waals surface area contributed by atoms with Crippen molar-refractivity contribution in [3.05, 3.63) is 65.0 Å². The Morgan fingerprint density at radius 1 is 1.33 bits per heavy atom. The summed E-state index contributed by atoms with van der Waals surface area (Å²) in [6.45, 7) is 2.54. The van der Waals surface area contributed by atoms with Gasteiger partial charge in [0.05, 0.1) is 6.61 Å². The first-order chi connectivity index (χ1) is 10.2. The standard InChI is InChI=1S/C17H19FN2O/c1-11-8-13(18)7-6-12(11)9-16(20-19)15-10-21-17-5-3-2-4-14(15)17/h2-8,15-16,20H,9-10,19H2,1H3. The maximum absolute atomic E-state index is 13.2. The predicted octanol–water partition coefficient (Wildman–Crippen LogP) is 2.68. The number of benzene rings is 2. The zero-order valence-corrected chi connectivity index (χ0v) is 12.0. The van der Waals surface area contributed by atoms with Crippen LogP contribution in [0, 0.1) is 12.7 Å². The summed E-state index contributed by atoms with van der Waals surface area (Å²) >= 11 is 0. The lowest BCUT2D eigenvalue weighted by Crippen LogP contribution is -2.42. The first-order valence-electron chi connectivity index (χ1n) is 7.12. The number of hydrazine groups is 1. The van der Waals surface area contributed by atoms with Gasteiger partial charge in [-0.15, -0.1) is 0 Å². The van der Waals surface area contributed by atoms with Crippen molar-refractivity contribution in [2.45, 2.75) is 25.3 Å². The van der Waals surface area contributed by atoms with Crippen LogP contribution in [0.4, 0.5) is 4.39 Å². The maximum atomic E-state index is 13.2. The molecule has 0 radical (unpaired) electrons. The first-order valence-corrected chi connectivity index (χ1v) is 7.12. The van der Waals surface area contributed by atoms with Crippen molar-refractivity contribution in [2.24, 2.45) is 5.84 Å². The second-order valence-corrected chi connectivity index (χ2v) is 5.50. The van der Waals surface area contributed by atoms with Crippen molar-refractivity contribution in [1.29, 1.82) is 0 Å². The Bertz CT molecular complexity index is 644. The molecule has 4 heteroatoms. The number of aryl methyl sites for hydroxylation is 1. The summed E-state index contributed by atoms with van der Waals surface area (Å²) in [6, 6.07) is 13.0. The number of nitrogens with two attached hydrogens (primary N) is 1. The second-order valence-electron chi connectivity index (χ2n) is 5.50. The van der Waals surface area contributed by atoms with Gasteiger partial charge in [0.2, 0.25) is 0 Å². The molecule has 1 aliphatic rings. The molecule has 0 spiro atoms. The molecule has 0 fully saturated rings. The van der Waals surface area contributed by atoms with E-state index in [0.29, 0.717) is 6.61 Å². The summed E-state index contributed by atoms with van der Waals surface area (Å²) in [5.74, 6) is 6.69. The van der Waals surface area contributed by atoms with Crippen molar-refractivity contribution in [1.82, 2.24) is 5.43 Å². The molecule has 0 aliphatic carbocycles. The number of para-hydroxylation sites is 1. The minimum absolute atomic E-state index is 0.0535. The lowest BCUT2D eigenvalue weighted by Gasteiger charge is -2.23. The number of halogens is 1. The Morgan fingerprint density at radius 3 is 2.90 bits per heavy atom. The van der Waals surface area contributed by atoms with E-state index in [9.17, 15) is 4.39 Å². The summed E-state index contributed by atoms with van der Waals surface area (Å²) in [6.07, 6.45) is 0.741. The molecule has 0 amide bonds. The normalized spacial score (nSPS) is 18.1. The first kappa shape index (κ1) is 14.0. The molecule has 3 nitrogen and oxygen atoms in total. The zero-order valence-electron chi connectivity index (χ0n) is 12.0. The Hall–Kier alpha value is -1.91. The van der Waals surface area contributed by atoms with Gasteiger partial charge in [-0.3, -0.25) is 11.3 Å². The van der Waals surface area contributed by atoms with Gasteiger partial charge in [0.25, 0.3) is 0 Å². The molecule has 2 aromatic rings. The van der Waals surface area contributed by atoms with Crippen LogP contribution in [0.25, 0.3) is 0 Å². The van der Waals surface area contributed by atoms with Crippen molar-refractivity contribution >= 4 is 0 Å². The lowest BCUT2D eigenvalue weighted by atomic mass is 9.88. The Balaban J connectivity index is 1.83. The fourth-order valence-electron chi connectivity index (χ4n) is 2.96. The van der Waals surface area contributed by atoms with Gasteiger partial charge in [-0.05, 0) is 42.7 Å². The monoisotopic (exact) mass is 286 g/mol. The molecule has 21 heavy (non-hydrogen) atoms. The van der Waals surface area contributed by atoms with Crippen molar-refractivity contribution in [2.75, 3.05) is 6.61 Å². The van der Waals surface area contributed by atoms with Crippen molar-refractivity contribution in [3.63, 3.8) is 0 Å². The van der Waals surface area contributed by atoms with Gasteiger partial charge in [-0.2, -0.15) is 0 Å². The maximum Gasteiger partial charge on any atom is 0.123 e. The highest BCUT2D eigenvalue weighted by Crippen LogP contribution is 2.36. The number of nitrogens with one attached hydrogen (secondary N) is 1. The summed E-state index contributed by atoms with van der Waals surface area (Å²) in [7, 11) is 0. The molecule has 110 valence electrons. The van der Waals surface area contributed by atoms with E-state index in [-0.39, 0.29) is 17.8 Å². The SMILES string of the molecule is Cc1cc(F)ccc1CC(NN)C1COc2ccccc21. The molecule has 0 bridgehead atoms. The van der Waals surface area contributed by atoms with E-state index in [1.54, 1.807) is 6.07 Å². The fourth-order valence-corrected chi connectivity index (χ4v) is 2.96. The highest BCUT2D eigenvalue weighted by Gasteiger charge is 2.30. The topological polar surface area (TPSA) is 47.3 Å². The Labute approximate surface area is 123 Å². The summed E-state index contributed by atoms with van der Waals surface area (Å²) in [5, 5.41) is 0. The van der Waals surface area contributed by atoms with Gasteiger partial charge in [0.1, 0.15) is 11.6 Å². The van der Waals surface area contributed by atoms with Crippen LogP contribution in [-0.4, -0.2) is 12.6 Å². The van der Waals surface area contributed by atoms with E-state index < -0.39 is 0 Å². The molecule has 3 rings (SSSR count). The highest BCUT2D eigenvalue weighted by molar-refractivity contribution is 5.41. The van der Waals surface area contributed by atoms with Crippen LogP contribution in [0.5, 0.6) is 5.75 Å². The van der Waals surface area contributed by atoms with E-state index in [4.69, 9.17) is 10.6 Å². The largest absolute Gasteiger partial charge is 0.493 e. The molecule has 2 unspecified atom stereocenters. The van der Waals surface area contributed by atoms with Crippen LogP contribution in [0.3, 0.4) is 0 Å². The van der Waals surface area contributed by atoms with E-state index in [0.717, 1.165) is 23.3 Å². The number of hydrogen-bond acceptors (Lipinski definition) is 3. The number of ether oxygens (including phenoxy) is 1. The van der Waals surface area contributed by atoms with E-state index in [1.807, 2.05) is 31.2 Å². The van der Waals surface area contributed by atoms with Crippen molar-refractivity contribution in [3.8, 4) is 5.75 Å². The van der Waals surface area contributed by atoms with E-state index in [1.165, 1.54) is 11.6 Å². The van der Waals surface area contributed by atoms with Gasteiger partial charge in [-0.25, -0.2) is 4.39 Å². The minimum Gasteiger partial charge on any atom is -0.493 e. The summed E-state index contributed by atoms with van der Waals surface area (Å²) < 4.78 is 18.9. The van der Waals surface area contributed by atoms with Crippen LogP contribution in [0.15, 0.2) is 42.5 Å². The Kier molecular flexibility index (Phi) is 3.90. The number of hydrogen-bond donors (Lipinski definition) is 2. The third-order valence-corrected chi connectivity index (χ3v) is 4.18. The van der Waals surface area contributed by atoms with Crippen molar-refractivity contribution < 1.29 is 9.13 Å². The molecular weight excluding hydrogens is 267 g/mol. The van der Waals surface area contributed by atoms with Crippen LogP contribution < -0.4 is 16.0 Å². The van der Waals surface area contributed by atoms with E-state index >= 15 is 0 Å². The molecule has 3 N–H and O–H groups in total. The molecule has 0 saturated heterocycles. The zero-order chi connectivity index (χ0) is 14.8. The fraction of sp³-hybridized carbons (Fsp3) is 0.294. The molecular formula is C17H19FN2O. The Morgan fingerprint density at radius 2 is 2.14 bits per heavy atom. The third-order valence-electron chi connectivity index (χ3n) is 4.18. The van der Waals surface area contributed by atoms with Crippen LogP contribution in [-0.2, 0) is 6.42 Å². The molecule has 2 aromatic carbocycles. The minimum atomic E-state index is -0.206. The average molecular weight is 286 g/mol. The molecule has 0 saturated carbocycles. The smallest absolute Gasteiger partial charge is 0.123 e. The summed E-state index contributed by atoms with van der Waals surface area (Å²) in [4.78, 5) is 0. The number of fused-ring (bicyclic) bond motifs is 1. The molecule has 2 atom stereocenters. The highest BCUT2D eigenvalue weighted by atomic mass is 19.1. The van der Waals surface area contributed by atoms with E-state index in [2.05, 4.69) is 11.5 Å². The van der Waals surface area contributed by atoms with Gasteiger partial charge < -0.3 is 4.74 Å². The van der Waals surface area contributed by atoms with Crippen LogP contribution >= 0.6 is 0 Å². The van der Waals surface area contributed by atoms with Gasteiger partial charge in [0, 0.05) is 17.5 Å². The number of rotatable bonds is 4. The quantitative estimate of drug-likeness (QED) is 0.671.